The Kier molecular flexibility index (Phi) is 24.8. The van der Waals surface area contributed by atoms with Gasteiger partial charge in [0, 0.05) is 41.7 Å². The highest BCUT2D eigenvalue weighted by Gasteiger charge is 2.34. The highest BCUT2D eigenvalue weighted by atomic mass is 32.2. The minimum absolute atomic E-state index is 0.0119. The number of thiol groups is 1. The van der Waals surface area contributed by atoms with Crippen molar-refractivity contribution in [2.75, 3.05) is 19.8 Å². The fourth-order valence-corrected chi connectivity index (χ4v) is 10.9. The van der Waals surface area contributed by atoms with E-state index in [2.05, 4.69) is 67.5 Å². The summed E-state index contributed by atoms with van der Waals surface area (Å²) in [6.45, 7) is 19.4. The predicted octanol–water partition coefficient (Wildman–Crippen LogP) is 15.9. The lowest BCUT2D eigenvalue weighted by Crippen LogP contribution is -2.46. The van der Waals surface area contributed by atoms with E-state index in [-0.39, 0.29) is 26.8 Å². The summed E-state index contributed by atoms with van der Waals surface area (Å²) in [4.78, 5) is 4.82. The average molecular weight is 902 g/mol. The summed E-state index contributed by atoms with van der Waals surface area (Å²) >= 11 is 9.87. The molecule has 2 heterocycles. The maximum Gasteiger partial charge on any atom is 0.234 e. The first-order valence-corrected chi connectivity index (χ1v) is 26.6. The number of ether oxygens (including phenoxy) is 2. The van der Waals surface area contributed by atoms with Gasteiger partial charge in [0.15, 0.2) is 0 Å². The van der Waals surface area contributed by atoms with Crippen LogP contribution >= 0.6 is 47.1 Å². The number of unbranched alkanes of at least 4 members (excludes halogenated alkanes) is 18. The summed E-state index contributed by atoms with van der Waals surface area (Å²) in [7, 11) is 0. The van der Waals surface area contributed by atoms with Crippen molar-refractivity contribution in [3.8, 4) is 0 Å². The molecule has 0 fully saturated rings. The molecule has 1 aliphatic carbocycles. The zero-order valence-corrected chi connectivity index (χ0v) is 42.2. The molecule has 1 atom stereocenters. The predicted molar refractivity (Wildman–Crippen MR) is 270 cm³/mol. The summed E-state index contributed by atoms with van der Waals surface area (Å²) in [5.74, 6) is 0.462. The molecule has 0 radical (unpaired) electrons. The van der Waals surface area contributed by atoms with E-state index in [9.17, 15) is 0 Å². The molecule has 338 valence electrons. The summed E-state index contributed by atoms with van der Waals surface area (Å²) in [6.07, 6.45) is 28.1. The Balaban J connectivity index is 1.82. The summed E-state index contributed by atoms with van der Waals surface area (Å²) < 4.78 is 29.0. The maximum atomic E-state index is 16.1. The first kappa shape index (κ1) is 52.7. The van der Waals surface area contributed by atoms with Crippen LogP contribution in [0.25, 0.3) is 16.1 Å². The van der Waals surface area contributed by atoms with Gasteiger partial charge in [0.25, 0.3) is 0 Å². The highest BCUT2D eigenvalue weighted by Crippen LogP contribution is 2.45. The fourth-order valence-electron chi connectivity index (χ4n) is 7.13. The van der Waals surface area contributed by atoms with Crippen molar-refractivity contribution >= 4 is 74.5 Å². The number of hydrogen-bond donors (Lipinski definition) is 3. The van der Waals surface area contributed by atoms with Crippen LogP contribution in [0.1, 0.15) is 210 Å². The first-order chi connectivity index (χ1) is 28.7. The summed E-state index contributed by atoms with van der Waals surface area (Å²) in [6, 6.07) is 8.11. The topological polar surface area (TPSA) is 67.9 Å². The molecule has 3 N–H and O–H groups in total. The third-order valence-electron chi connectivity index (χ3n) is 12.0. The number of thiophene rings is 2. The van der Waals surface area contributed by atoms with Crippen molar-refractivity contribution in [2.24, 2.45) is 0 Å². The lowest BCUT2D eigenvalue weighted by Gasteiger charge is -2.27. The first-order valence-electron chi connectivity index (χ1n) is 23.6. The molecule has 0 aromatic carbocycles. The second-order valence-electron chi connectivity index (χ2n) is 18.1. The van der Waals surface area contributed by atoms with Gasteiger partial charge in [-0.15, -0.1) is 34.4 Å². The van der Waals surface area contributed by atoms with Gasteiger partial charge in [-0.1, -0.05) is 157 Å². The van der Waals surface area contributed by atoms with Crippen molar-refractivity contribution in [3.05, 3.63) is 61.4 Å². The molecular weight excluding hydrogens is 820 g/mol. The van der Waals surface area contributed by atoms with E-state index in [1.807, 2.05) is 12.1 Å². The molecular formula is C51H82FN2O2S4+. The zero-order chi connectivity index (χ0) is 44.0. The van der Waals surface area contributed by atoms with E-state index in [1.54, 1.807) is 34.4 Å². The number of allylic oxidation sites excluding steroid dienone is 4. The van der Waals surface area contributed by atoms with Crippen molar-refractivity contribution in [1.82, 2.24) is 0 Å². The van der Waals surface area contributed by atoms with Crippen molar-refractivity contribution in [2.45, 2.75) is 206 Å². The zero-order valence-electron chi connectivity index (χ0n) is 38.9. The number of hydrogen-bond acceptors (Lipinski definition) is 7. The minimum atomic E-state index is -0.396. The van der Waals surface area contributed by atoms with Crippen molar-refractivity contribution in [3.63, 3.8) is 0 Å². The molecule has 2 aromatic heterocycles. The van der Waals surface area contributed by atoms with Crippen LogP contribution in [0, 0.1) is 5.41 Å². The molecule has 60 heavy (non-hydrogen) atoms. The molecule has 4 nitrogen and oxygen atoms in total. The largest absolute Gasteiger partial charge is 0.494 e. The molecule has 2 aromatic rings. The van der Waals surface area contributed by atoms with Gasteiger partial charge in [-0.3, -0.25) is 10.8 Å². The van der Waals surface area contributed by atoms with Crippen LogP contribution in [-0.4, -0.2) is 41.2 Å². The second kappa shape index (κ2) is 28.2. The third-order valence-corrected chi connectivity index (χ3v) is 16.9. The van der Waals surface area contributed by atoms with Gasteiger partial charge in [-0.05, 0) is 68.9 Å². The van der Waals surface area contributed by atoms with E-state index < -0.39 is 5.83 Å². The van der Waals surface area contributed by atoms with Crippen LogP contribution in [0.15, 0.2) is 41.9 Å². The van der Waals surface area contributed by atoms with Crippen LogP contribution in [0.5, 0.6) is 0 Å². The molecule has 0 spiro atoms. The molecule has 9 heteroatoms. The second-order valence-corrected chi connectivity index (χ2v) is 22.7. The number of rotatable bonds is 33. The molecule has 0 aliphatic heterocycles. The molecule has 0 bridgehead atoms. The van der Waals surface area contributed by atoms with E-state index in [0.29, 0.717) is 31.0 Å². The Morgan fingerprint density at radius 2 is 1.27 bits per heavy atom. The van der Waals surface area contributed by atoms with E-state index in [0.717, 1.165) is 51.0 Å². The molecule has 0 saturated heterocycles. The molecule has 1 aliphatic rings. The van der Waals surface area contributed by atoms with Gasteiger partial charge in [0.2, 0.25) is 5.71 Å². The van der Waals surface area contributed by atoms with Crippen molar-refractivity contribution in [1.29, 1.82) is 5.41 Å². The standard InChI is InChI=1S/C51H81FN2O2S4/c1-9-12-14-16-18-20-22-24-26-28-34-55-37-41(56-35-29-27-25-23-21-19-17-15-13-10-2)49(58-38(4)51(7,8)57)44-31-30-42(59-44)39-36-40(52)46(48(54)47(39)53)43-32-33-45(60-43)50(5,6)11-3/h30-33,36,38,53-54,57H,9-29,34-35,37H2,1-8H3/p+1/b49-41+,53-47?,54-48?. The van der Waals surface area contributed by atoms with Gasteiger partial charge in [-0.2, -0.15) is 12.6 Å². The number of thioether (sulfide) groups is 1. The van der Waals surface area contributed by atoms with E-state index >= 15 is 4.39 Å². The molecule has 0 amide bonds. The minimum Gasteiger partial charge on any atom is -0.494 e. The van der Waals surface area contributed by atoms with Crippen molar-refractivity contribution < 1.29 is 19.3 Å². The Labute approximate surface area is 383 Å². The monoisotopic (exact) mass is 902 g/mol. The number of halogens is 1. The van der Waals surface area contributed by atoms with Gasteiger partial charge in [0.1, 0.15) is 29.5 Å². The number of nitrogens with one attached hydrogen (secondary N) is 1. The Bertz CT molecular complexity index is 1680. The highest BCUT2D eigenvalue weighted by molar-refractivity contribution is 8.09. The Morgan fingerprint density at radius 1 is 0.750 bits per heavy atom. The molecule has 1 unspecified atom stereocenters. The Morgan fingerprint density at radius 3 is 1.80 bits per heavy atom. The average Bonchev–Trinajstić information content (AvgIpc) is 3.91. The smallest absolute Gasteiger partial charge is 0.234 e. The van der Waals surface area contributed by atoms with Crippen LogP contribution in [0.3, 0.4) is 0 Å². The van der Waals surface area contributed by atoms with Crippen LogP contribution in [0.4, 0.5) is 4.39 Å². The van der Waals surface area contributed by atoms with E-state index in [1.165, 1.54) is 120 Å². The van der Waals surface area contributed by atoms with Crippen LogP contribution < -0.4 is 5.41 Å². The maximum absolute atomic E-state index is 16.1. The van der Waals surface area contributed by atoms with E-state index in [4.69, 9.17) is 32.9 Å². The Hall–Kier alpha value is -1.65. The lowest BCUT2D eigenvalue weighted by molar-refractivity contribution is -0.108. The summed E-state index contributed by atoms with van der Waals surface area (Å²) in [5.41, 5.74) is 1.16. The van der Waals surface area contributed by atoms with Gasteiger partial charge >= 0.3 is 0 Å². The normalized spacial score (nSPS) is 14.9. The quantitative estimate of drug-likeness (QED) is 0.0289. The van der Waals surface area contributed by atoms with Gasteiger partial charge < -0.3 is 9.47 Å². The van der Waals surface area contributed by atoms with Crippen LogP contribution in [0.2, 0.25) is 0 Å². The molecule has 0 saturated carbocycles. The summed E-state index contributed by atoms with van der Waals surface area (Å²) in [5, 5.41) is 15.9. The van der Waals surface area contributed by atoms with Crippen LogP contribution in [-0.2, 0) is 14.9 Å². The lowest BCUT2D eigenvalue weighted by atomic mass is 9.88. The molecule has 3 rings (SSSR count). The van der Waals surface area contributed by atoms with Gasteiger partial charge in [0.05, 0.1) is 11.5 Å². The third kappa shape index (κ3) is 17.8. The van der Waals surface area contributed by atoms with Gasteiger partial charge in [-0.25, -0.2) is 4.39 Å². The fraction of sp³-hybridized carbons (Fsp3) is 0.686. The SMILES string of the molecule is CCCCCCCCCCCCOC/C(OCCCCCCCCCCCC)=C(\SC(C)C(C)(C)S)c1ccc(C2=CC(F)=C(c3ccc(C(C)(C)CC)s3)C(=[NH2+])C2=N)s1. The number of nitrogens with two attached hydrogens (primary N) is 1.